The number of rotatable bonds is 6. The van der Waals surface area contributed by atoms with Crippen LogP contribution in [-0.4, -0.2) is 29.0 Å². The summed E-state index contributed by atoms with van der Waals surface area (Å²) in [6.07, 6.45) is 0. The van der Waals surface area contributed by atoms with E-state index in [0.717, 1.165) is 5.69 Å². The third kappa shape index (κ3) is 4.03. The van der Waals surface area contributed by atoms with Crippen molar-refractivity contribution in [2.24, 2.45) is 0 Å². The molecule has 128 valence electrons. The molecule has 0 spiro atoms. The molecule has 5 nitrogen and oxygen atoms in total. The van der Waals surface area contributed by atoms with Crippen molar-refractivity contribution in [2.75, 3.05) is 13.2 Å². The van der Waals surface area contributed by atoms with Crippen LogP contribution in [0.4, 0.5) is 4.39 Å². The zero-order valence-electron chi connectivity index (χ0n) is 13.7. The second-order valence-corrected chi connectivity index (χ2v) is 5.22. The lowest BCUT2D eigenvalue weighted by atomic mass is 10.1. The Hall–Kier alpha value is -3.15. The first-order valence-corrected chi connectivity index (χ1v) is 7.87. The number of hydrogen-bond acceptors (Lipinski definition) is 4. The molecule has 1 aromatic heterocycles. The summed E-state index contributed by atoms with van der Waals surface area (Å²) < 4.78 is 25.5. The van der Waals surface area contributed by atoms with E-state index in [1.54, 1.807) is 29.8 Å². The van der Waals surface area contributed by atoms with Gasteiger partial charge in [0, 0.05) is 11.6 Å². The zero-order valence-corrected chi connectivity index (χ0v) is 13.7. The van der Waals surface area contributed by atoms with Crippen LogP contribution in [0.3, 0.4) is 0 Å². The smallest absolute Gasteiger partial charge is 0.344 e. The maximum absolute atomic E-state index is 13.6. The van der Waals surface area contributed by atoms with E-state index in [9.17, 15) is 9.18 Å². The van der Waals surface area contributed by atoms with Gasteiger partial charge in [-0.15, -0.1) is 5.10 Å². The molecule has 0 fully saturated rings. The van der Waals surface area contributed by atoms with Crippen molar-refractivity contribution in [1.29, 1.82) is 0 Å². The lowest BCUT2D eigenvalue weighted by Gasteiger charge is -2.07. The Morgan fingerprint density at radius 2 is 1.92 bits per heavy atom. The lowest BCUT2D eigenvalue weighted by molar-refractivity contribution is -0.145. The van der Waals surface area contributed by atoms with E-state index in [-0.39, 0.29) is 24.9 Å². The highest BCUT2D eigenvalue weighted by atomic mass is 19.1. The van der Waals surface area contributed by atoms with Gasteiger partial charge in [-0.1, -0.05) is 30.3 Å². The minimum absolute atomic E-state index is 0.234. The van der Waals surface area contributed by atoms with E-state index in [1.807, 2.05) is 30.3 Å². The van der Waals surface area contributed by atoms with Gasteiger partial charge >= 0.3 is 5.97 Å². The largest absolute Gasteiger partial charge is 0.465 e. The Kier molecular flexibility index (Phi) is 5.09. The van der Waals surface area contributed by atoms with Crippen LogP contribution in [0.1, 0.15) is 6.92 Å². The zero-order chi connectivity index (χ0) is 17.6. The van der Waals surface area contributed by atoms with Crippen LogP contribution in [0.15, 0.2) is 60.7 Å². The third-order valence-electron chi connectivity index (χ3n) is 3.45. The van der Waals surface area contributed by atoms with Crippen LogP contribution in [-0.2, 0) is 9.53 Å². The van der Waals surface area contributed by atoms with E-state index < -0.39 is 5.97 Å². The number of carbonyl (C=O) groups excluding carboxylic acids is 1. The maximum Gasteiger partial charge on any atom is 0.344 e. The van der Waals surface area contributed by atoms with E-state index in [1.165, 1.54) is 12.1 Å². The Balaban J connectivity index is 1.96. The molecule has 6 heteroatoms. The number of hydrogen-bond donors (Lipinski definition) is 0. The molecule has 0 aliphatic rings. The first-order valence-electron chi connectivity index (χ1n) is 7.87. The van der Waals surface area contributed by atoms with Gasteiger partial charge in [-0.25, -0.2) is 13.9 Å². The van der Waals surface area contributed by atoms with E-state index >= 15 is 0 Å². The summed E-state index contributed by atoms with van der Waals surface area (Å²) in [5.74, 6) is -0.549. The van der Waals surface area contributed by atoms with Gasteiger partial charge in [0.2, 0.25) is 5.88 Å². The average Bonchev–Trinajstić information content (AvgIpc) is 3.05. The Bertz CT molecular complexity index is 862. The molecule has 3 rings (SSSR count). The van der Waals surface area contributed by atoms with Crippen molar-refractivity contribution in [2.45, 2.75) is 6.92 Å². The van der Waals surface area contributed by atoms with Crippen LogP contribution in [0.25, 0.3) is 16.9 Å². The summed E-state index contributed by atoms with van der Waals surface area (Å²) in [5.41, 5.74) is 2.11. The van der Waals surface area contributed by atoms with Gasteiger partial charge in [0.15, 0.2) is 6.61 Å². The van der Waals surface area contributed by atoms with Gasteiger partial charge < -0.3 is 9.47 Å². The van der Waals surface area contributed by atoms with Crippen molar-refractivity contribution in [1.82, 2.24) is 9.78 Å². The van der Waals surface area contributed by atoms with Crippen LogP contribution in [0, 0.1) is 5.82 Å². The summed E-state index contributed by atoms with van der Waals surface area (Å²) in [5, 5.41) is 4.38. The molecule has 0 atom stereocenters. The number of benzene rings is 2. The number of halogens is 1. The fraction of sp³-hybridized carbons (Fsp3) is 0.158. The molecule has 2 aromatic carbocycles. The summed E-state index contributed by atoms with van der Waals surface area (Å²) >= 11 is 0. The molecule has 3 aromatic rings. The van der Waals surface area contributed by atoms with Crippen LogP contribution in [0.5, 0.6) is 5.88 Å². The molecule has 1 heterocycles. The quantitative estimate of drug-likeness (QED) is 0.643. The monoisotopic (exact) mass is 340 g/mol. The van der Waals surface area contributed by atoms with Crippen LogP contribution < -0.4 is 4.74 Å². The minimum atomic E-state index is -0.468. The Morgan fingerprint density at radius 1 is 1.12 bits per heavy atom. The highest BCUT2D eigenvalue weighted by molar-refractivity contribution is 5.71. The molecular formula is C19H17FN2O3. The lowest BCUT2D eigenvalue weighted by Crippen LogP contribution is -2.14. The predicted molar refractivity (Wildman–Crippen MR) is 91.1 cm³/mol. The standard InChI is InChI=1S/C19H17FN2O3/c1-2-24-19(23)13-25-18-12-17(14-7-6-8-15(20)11-14)22(21-18)16-9-4-3-5-10-16/h3-12H,2,13H2,1H3. The summed E-state index contributed by atoms with van der Waals surface area (Å²) in [4.78, 5) is 11.5. The molecular weight excluding hydrogens is 323 g/mol. The molecule has 0 N–H and O–H groups in total. The number of nitrogens with zero attached hydrogens (tertiary/aromatic N) is 2. The highest BCUT2D eigenvalue weighted by Gasteiger charge is 2.14. The summed E-state index contributed by atoms with van der Waals surface area (Å²) in [7, 11) is 0. The molecule has 0 aliphatic carbocycles. The van der Waals surface area contributed by atoms with Crippen LogP contribution in [0.2, 0.25) is 0 Å². The van der Waals surface area contributed by atoms with E-state index in [2.05, 4.69) is 5.10 Å². The molecule has 0 bridgehead atoms. The number of para-hydroxylation sites is 1. The van der Waals surface area contributed by atoms with Crippen molar-refractivity contribution in [3.05, 3.63) is 66.5 Å². The van der Waals surface area contributed by atoms with Crippen molar-refractivity contribution in [3.8, 4) is 22.8 Å². The summed E-state index contributed by atoms with van der Waals surface area (Å²) in [6, 6.07) is 17.3. The predicted octanol–water partition coefficient (Wildman–Crippen LogP) is 3.62. The second-order valence-electron chi connectivity index (χ2n) is 5.22. The fourth-order valence-corrected chi connectivity index (χ4v) is 2.38. The maximum atomic E-state index is 13.6. The Morgan fingerprint density at radius 3 is 2.64 bits per heavy atom. The Labute approximate surface area is 144 Å². The molecule has 0 saturated carbocycles. The van der Waals surface area contributed by atoms with Gasteiger partial charge in [-0.2, -0.15) is 0 Å². The van der Waals surface area contributed by atoms with Gasteiger partial charge in [-0.3, -0.25) is 0 Å². The highest BCUT2D eigenvalue weighted by Crippen LogP contribution is 2.27. The normalized spacial score (nSPS) is 10.5. The average molecular weight is 340 g/mol. The molecule has 0 unspecified atom stereocenters. The van der Waals surface area contributed by atoms with Gasteiger partial charge in [0.05, 0.1) is 18.0 Å². The molecule has 0 saturated heterocycles. The van der Waals surface area contributed by atoms with Crippen molar-refractivity contribution < 1.29 is 18.7 Å². The van der Waals surface area contributed by atoms with Gasteiger partial charge in [0.1, 0.15) is 5.82 Å². The topological polar surface area (TPSA) is 53.4 Å². The number of esters is 1. The summed E-state index contributed by atoms with van der Waals surface area (Å²) in [6.45, 7) is 1.78. The second kappa shape index (κ2) is 7.61. The SMILES string of the molecule is CCOC(=O)COc1cc(-c2cccc(F)c2)n(-c2ccccc2)n1. The third-order valence-corrected chi connectivity index (χ3v) is 3.45. The number of aromatic nitrogens is 2. The van der Waals surface area contributed by atoms with Crippen molar-refractivity contribution >= 4 is 5.97 Å². The van der Waals surface area contributed by atoms with E-state index in [4.69, 9.17) is 9.47 Å². The fourth-order valence-electron chi connectivity index (χ4n) is 2.38. The molecule has 0 aliphatic heterocycles. The molecule has 0 radical (unpaired) electrons. The van der Waals surface area contributed by atoms with E-state index in [0.29, 0.717) is 11.3 Å². The van der Waals surface area contributed by atoms with Gasteiger partial charge in [-0.05, 0) is 31.2 Å². The van der Waals surface area contributed by atoms with Crippen LogP contribution >= 0.6 is 0 Å². The van der Waals surface area contributed by atoms with Gasteiger partial charge in [0.25, 0.3) is 0 Å². The first-order chi connectivity index (χ1) is 12.2. The molecule has 0 amide bonds. The first kappa shape index (κ1) is 16.7. The minimum Gasteiger partial charge on any atom is -0.465 e. The molecule has 25 heavy (non-hydrogen) atoms. The number of carbonyl (C=O) groups is 1. The number of ether oxygens (including phenoxy) is 2. The van der Waals surface area contributed by atoms with Crippen molar-refractivity contribution in [3.63, 3.8) is 0 Å².